The second-order valence-corrected chi connectivity index (χ2v) is 4.72. The standard InChI is InChI=1S/C15H15N3O2/c1-10-7-14(11(2)20-10)15(19)16-9-12-8-13-5-3-4-6-18(13)17-12/h3-8H,9H2,1-2H3,(H,16,19). The Balaban J connectivity index is 1.73. The van der Waals surface area contributed by atoms with Gasteiger partial charge in [-0.25, -0.2) is 4.52 Å². The number of hydrogen-bond acceptors (Lipinski definition) is 3. The van der Waals surface area contributed by atoms with Crippen LogP contribution in [0.3, 0.4) is 0 Å². The molecule has 5 heteroatoms. The number of nitrogens with zero attached hydrogens (tertiary/aromatic N) is 2. The molecule has 1 N–H and O–H groups in total. The van der Waals surface area contributed by atoms with Crippen molar-refractivity contribution in [3.05, 3.63) is 59.3 Å². The fraction of sp³-hybridized carbons (Fsp3) is 0.200. The van der Waals surface area contributed by atoms with E-state index in [-0.39, 0.29) is 5.91 Å². The lowest BCUT2D eigenvalue weighted by Crippen LogP contribution is -2.23. The van der Waals surface area contributed by atoms with E-state index in [1.54, 1.807) is 17.5 Å². The molecule has 0 saturated heterocycles. The van der Waals surface area contributed by atoms with Crippen LogP contribution in [0, 0.1) is 13.8 Å². The number of aryl methyl sites for hydroxylation is 2. The summed E-state index contributed by atoms with van der Waals surface area (Å²) in [6.07, 6.45) is 1.88. The minimum absolute atomic E-state index is 0.142. The molecule has 0 radical (unpaired) electrons. The molecule has 20 heavy (non-hydrogen) atoms. The van der Waals surface area contributed by atoms with Crippen LogP contribution in [0.25, 0.3) is 5.52 Å². The van der Waals surface area contributed by atoms with Gasteiger partial charge in [0.25, 0.3) is 5.91 Å². The molecule has 1 amide bonds. The first kappa shape index (κ1) is 12.5. The van der Waals surface area contributed by atoms with E-state index in [1.165, 1.54) is 0 Å². The summed E-state index contributed by atoms with van der Waals surface area (Å²) in [5.74, 6) is 1.23. The van der Waals surface area contributed by atoms with Crippen LogP contribution in [0.2, 0.25) is 0 Å². The Labute approximate surface area is 116 Å². The molecule has 0 aliphatic carbocycles. The molecule has 102 valence electrons. The Morgan fingerprint density at radius 2 is 2.20 bits per heavy atom. The van der Waals surface area contributed by atoms with E-state index in [1.807, 2.05) is 37.4 Å². The molecule has 0 aromatic carbocycles. The van der Waals surface area contributed by atoms with E-state index < -0.39 is 0 Å². The van der Waals surface area contributed by atoms with Crippen molar-refractivity contribution in [2.24, 2.45) is 0 Å². The summed E-state index contributed by atoms with van der Waals surface area (Å²) in [4.78, 5) is 12.1. The highest BCUT2D eigenvalue weighted by molar-refractivity contribution is 5.95. The average molecular weight is 269 g/mol. The molecule has 3 heterocycles. The smallest absolute Gasteiger partial charge is 0.255 e. The summed E-state index contributed by atoms with van der Waals surface area (Å²) >= 11 is 0. The van der Waals surface area contributed by atoms with E-state index in [2.05, 4.69) is 10.4 Å². The fourth-order valence-electron chi connectivity index (χ4n) is 2.20. The second kappa shape index (κ2) is 4.85. The summed E-state index contributed by atoms with van der Waals surface area (Å²) in [5.41, 5.74) is 2.40. The Hall–Kier alpha value is -2.56. The molecular formula is C15H15N3O2. The number of amides is 1. The third kappa shape index (κ3) is 2.30. The molecule has 3 rings (SSSR count). The van der Waals surface area contributed by atoms with E-state index in [9.17, 15) is 4.79 Å². The van der Waals surface area contributed by atoms with Crippen LogP contribution >= 0.6 is 0 Å². The molecule has 3 aromatic rings. The third-order valence-electron chi connectivity index (χ3n) is 3.14. The monoisotopic (exact) mass is 269 g/mol. The summed E-state index contributed by atoms with van der Waals surface area (Å²) in [6.45, 7) is 4.00. The van der Waals surface area contributed by atoms with Crippen molar-refractivity contribution in [2.75, 3.05) is 0 Å². The SMILES string of the molecule is Cc1cc(C(=O)NCc2cc3ccccn3n2)c(C)o1. The van der Waals surface area contributed by atoms with Crippen molar-refractivity contribution in [1.82, 2.24) is 14.9 Å². The quantitative estimate of drug-likeness (QED) is 0.794. The summed E-state index contributed by atoms with van der Waals surface area (Å²) in [6, 6.07) is 9.54. The van der Waals surface area contributed by atoms with Crippen LogP contribution in [-0.4, -0.2) is 15.5 Å². The zero-order chi connectivity index (χ0) is 14.1. The van der Waals surface area contributed by atoms with Gasteiger partial charge in [0, 0.05) is 6.20 Å². The Bertz CT molecular complexity index is 737. The molecule has 5 nitrogen and oxygen atoms in total. The third-order valence-corrected chi connectivity index (χ3v) is 3.14. The number of hydrogen-bond donors (Lipinski definition) is 1. The maximum absolute atomic E-state index is 12.1. The number of aromatic nitrogens is 2. The van der Waals surface area contributed by atoms with E-state index in [4.69, 9.17) is 4.42 Å². The van der Waals surface area contributed by atoms with Crippen LogP contribution in [0.1, 0.15) is 27.6 Å². The molecule has 0 saturated carbocycles. The predicted octanol–water partition coefficient (Wildman–Crippen LogP) is 2.47. The van der Waals surface area contributed by atoms with Gasteiger partial charge in [-0.05, 0) is 38.1 Å². The molecule has 0 aliphatic heterocycles. The van der Waals surface area contributed by atoms with Gasteiger partial charge >= 0.3 is 0 Å². The van der Waals surface area contributed by atoms with E-state index >= 15 is 0 Å². The normalized spacial score (nSPS) is 10.9. The minimum atomic E-state index is -0.142. The first-order valence-electron chi connectivity index (χ1n) is 6.42. The van der Waals surface area contributed by atoms with Crippen LogP contribution < -0.4 is 5.32 Å². The summed E-state index contributed by atoms with van der Waals surface area (Å²) in [5, 5.41) is 7.24. The maximum Gasteiger partial charge on any atom is 0.255 e. The lowest BCUT2D eigenvalue weighted by Gasteiger charge is -2.01. The van der Waals surface area contributed by atoms with E-state index in [0.29, 0.717) is 17.9 Å². The molecule has 0 unspecified atom stereocenters. The first-order chi connectivity index (χ1) is 9.63. The highest BCUT2D eigenvalue weighted by Crippen LogP contribution is 2.13. The number of furan rings is 1. The van der Waals surface area contributed by atoms with Crippen molar-refractivity contribution in [1.29, 1.82) is 0 Å². The first-order valence-corrected chi connectivity index (χ1v) is 6.42. The van der Waals surface area contributed by atoms with Crippen molar-refractivity contribution in [3.63, 3.8) is 0 Å². The lowest BCUT2D eigenvalue weighted by molar-refractivity contribution is 0.0949. The highest BCUT2D eigenvalue weighted by atomic mass is 16.3. The molecular weight excluding hydrogens is 254 g/mol. The van der Waals surface area contributed by atoms with Gasteiger partial charge in [-0.15, -0.1) is 0 Å². The van der Waals surface area contributed by atoms with Crippen molar-refractivity contribution in [3.8, 4) is 0 Å². The van der Waals surface area contributed by atoms with Gasteiger partial charge in [0.05, 0.1) is 23.3 Å². The number of nitrogens with one attached hydrogen (secondary N) is 1. The fourth-order valence-corrected chi connectivity index (χ4v) is 2.20. The Kier molecular flexibility index (Phi) is 3.02. The lowest BCUT2D eigenvalue weighted by atomic mass is 10.2. The van der Waals surface area contributed by atoms with Gasteiger partial charge in [0.2, 0.25) is 0 Å². The minimum Gasteiger partial charge on any atom is -0.466 e. The van der Waals surface area contributed by atoms with Gasteiger partial charge < -0.3 is 9.73 Å². The zero-order valence-electron chi connectivity index (χ0n) is 11.4. The number of rotatable bonds is 3. The number of fused-ring (bicyclic) bond motifs is 1. The number of carbonyl (C=O) groups excluding carboxylic acids is 1. The molecule has 3 aromatic heterocycles. The highest BCUT2D eigenvalue weighted by Gasteiger charge is 2.13. The topological polar surface area (TPSA) is 59.5 Å². The van der Waals surface area contributed by atoms with Crippen LogP contribution in [0.4, 0.5) is 0 Å². The van der Waals surface area contributed by atoms with Gasteiger partial charge in [0.15, 0.2) is 0 Å². The molecule has 0 aliphatic rings. The van der Waals surface area contributed by atoms with Gasteiger partial charge in [-0.1, -0.05) is 6.07 Å². The predicted molar refractivity (Wildman–Crippen MR) is 74.5 cm³/mol. The zero-order valence-corrected chi connectivity index (χ0v) is 11.4. The van der Waals surface area contributed by atoms with E-state index in [0.717, 1.165) is 17.0 Å². The van der Waals surface area contributed by atoms with Gasteiger partial charge in [-0.2, -0.15) is 5.10 Å². The molecule has 0 bridgehead atoms. The molecule has 0 fully saturated rings. The summed E-state index contributed by atoms with van der Waals surface area (Å²) in [7, 11) is 0. The Morgan fingerprint density at radius 1 is 1.35 bits per heavy atom. The van der Waals surface area contributed by atoms with Crippen molar-refractivity contribution < 1.29 is 9.21 Å². The van der Waals surface area contributed by atoms with Crippen molar-refractivity contribution in [2.45, 2.75) is 20.4 Å². The second-order valence-electron chi connectivity index (χ2n) is 4.72. The summed E-state index contributed by atoms with van der Waals surface area (Å²) < 4.78 is 7.14. The maximum atomic E-state index is 12.1. The van der Waals surface area contributed by atoms with Gasteiger partial charge in [0.1, 0.15) is 11.5 Å². The van der Waals surface area contributed by atoms with Crippen LogP contribution in [0.15, 0.2) is 40.9 Å². The Morgan fingerprint density at radius 3 is 2.90 bits per heavy atom. The average Bonchev–Trinajstić information content (AvgIpc) is 2.98. The molecule has 0 atom stereocenters. The number of pyridine rings is 1. The van der Waals surface area contributed by atoms with Crippen molar-refractivity contribution >= 4 is 11.4 Å². The van der Waals surface area contributed by atoms with Crippen LogP contribution in [-0.2, 0) is 6.54 Å². The molecule has 0 spiro atoms. The largest absolute Gasteiger partial charge is 0.466 e. The van der Waals surface area contributed by atoms with Gasteiger partial charge in [-0.3, -0.25) is 4.79 Å². The van der Waals surface area contributed by atoms with Crippen LogP contribution in [0.5, 0.6) is 0 Å². The number of carbonyl (C=O) groups is 1.